The Hall–Kier alpha value is -2.63. The van der Waals surface area contributed by atoms with Gasteiger partial charge in [0.1, 0.15) is 17.3 Å². The minimum atomic E-state index is -0.534. The number of nitrogens with zero attached hydrogens (tertiary/aromatic N) is 2. The highest BCUT2D eigenvalue weighted by molar-refractivity contribution is 7.99. The van der Waals surface area contributed by atoms with E-state index in [-0.39, 0.29) is 16.9 Å². The topological polar surface area (TPSA) is 83.1 Å². The molecule has 3 rings (SSSR count). The fourth-order valence-corrected chi connectivity index (χ4v) is 4.20. The van der Waals surface area contributed by atoms with Crippen LogP contribution in [0.2, 0.25) is 0 Å². The predicted octanol–water partition coefficient (Wildman–Crippen LogP) is 4.33. The quantitative estimate of drug-likeness (QED) is 0.541. The van der Waals surface area contributed by atoms with Crippen molar-refractivity contribution in [3.8, 4) is 11.5 Å². The Morgan fingerprint density at radius 1 is 1.34 bits per heavy atom. The maximum Gasteiger partial charge on any atom is 0.416 e. The minimum Gasteiger partial charge on any atom is -0.410 e. The second-order valence-electron chi connectivity index (χ2n) is 7.11. The Kier molecular flexibility index (Phi) is 8.10. The Morgan fingerprint density at radius 2 is 2.12 bits per heavy atom. The number of hydrogen-bond donors (Lipinski definition) is 2. The van der Waals surface area contributed by atoms with E-state index in [4.69, 9.17) is 9.47 Å². The first-order valence-corrected chi connectivity index (χ1v) is 11.8. The van der Waals surface area contributed by atoms with Crippen LogP contribution < -0.4 is 18.9 Å². The van der Waals surface area contributed by atoms with E-state index < -0.39 is 12.2 Å². The molecule has 32 heavy (non-hydrogen) atoms. The Balaban J connectivity index is 1.76. The Bertz CT molecular complexity index is 992. The van der Waals surface area contributed by atoms with Crippen LogP contribution in [0.4, 0.5) is 19.7 Å². The van der Waals surface area contributed by atoms with Crippen LogP contribution in [0, 0.1) is 5.82 Å². The number of thioether (sulfide) groups is 1. The minimum absolute atomic E-state index is 0.288. The summed E-state index contributed by atoms with van der Waals surface area (Å²) >= 11 is 2.61. The van der Waals surface area contributed by atoms with Gasteiger partial charge in [-0.05, 0) is 37.1 Å². The van der Waals surface area contributed by atoms with Crippen LogP contribution in [0.15, 0.2) is 36.4 Å². The first-order chi connectivity index (χ1) is 15.3. The third kappa shape index (κ3) is 5.59. The van der Waals surface area contributed by atoms with Crippen LogP contribution in [-0.2, 0) is 13.0 Å². The molecule has 2 aromatic rings. The lowest BCUT2D eigenvalue weighted by Gasteiger charge is -2.34. The summed E-state index contributed by atoms with van der Waals surface area (Å²) in [6.07, 6.45) is 1.13. The van der Waals surface area contributed by atoms with Gasteiger partial charge in [-0.3, -0.25) is 4.90 Å². The maximum absolute atomic E-state index is 14.9. The molecule has 1 aliphatic heterocycles. The van der Waals surface area contributed by atoms with Crippen LogP contribution in [0.1, 0.15) is 11.1 Å². The number of rotatable bonds is 8. The van der Waals surface area contributed by atoms with Gasteiger partial charge in [0.15, 0.2) is 0 Å². The van der Waals surface area contributed by atoms with Crippen LogP contribution in [0.3, 0.4) is 0 Å². The highest BCUT2D eigenvalue weighted by Crippen LogP contribution is 2.34. The van der Waals surface area contributed by atoms with Crippen molar-refractivity contribution in [3.05, 3.63) is 53.3 Å². The number of carbonyl (C=O) groups excluding carboxylic acids is 2. The molecule has 2 aromatic carbocycles. The molecule has 0 saturated carbocycles. The Morgan fingerprint density at radius 3 is 2.81 bits per heavy atom. The van der Waals surface area contributed by atoms with E-state index >= 15 is 0 Å². The summed E-state index contributed by atoms with van der Waals surface area (Å²) in [5, 5.41) is -0.330. The number of carbonyl (C=O) groups is 2. The van der Waals surface area contributed by atoms with E-state index in [1.807, 2.05) is 6.26 Å². The molecule has 1 atom stereocenters. The molecule has 0 fully saturated rings. The lowest BCUT2D eigenvalue weighted by atomic mass is 10.1. The zero-order valence-electron chi connectivity index (χ0n) is 18.2. The zero-order valence-corrected chi connectivity index (χ0v) is 19.8. The molecule has 0 aromatic heterocycles. The number of halogens is 1. The third-order valence-corrected chi connectivity index (χ3v) is 6.23. The molecule has 11 heteroatoms. The lowest BCUT2D eigenvalue weighted by Crippen LogP contribution is -2.43. The van der Waals surface area contributed by atoms with Crippen LogP contribution in [0.25, 0.3) is 0 Å². The van der Waals surface area contributed by atoms with E-state index in [0.29, 0.717) is 30.0 Å². The van der Waals surface area contributed by atoms with E-state index in [1.54, 1.807) is 56.4 Å². The largest absolute Gasteiger partial charge is 0.416 e. The van der Waals surface area contributed by atoms with Crippen molar-refractivity contribution in [2.75, 3.05) is 32.1 Å². The van der Waals surface area contributed by atoms with Gasteiger partial charge in [-0.15, -0.1) is 11.8 Å². The average molecular weight is 481 g/mol. The molecule has 0 bridgehead atoms. The van der Waals surface area contributed by atoms with Gasteiger partial charge < -0.3 is 19.1 Å². The summed E-state index contributed by atoms with van der Waals surface area (Å²) in [7, 11) is 4.89. The number of fused-ring (bicyclic) bond motifs is 1. The first-order valence-electron chi connectivity index (χ1n) is 9.73. The molecule has 2 N–H and O–H groups in total. The number of nitrogens with one attached hydrogen (secondary N) is 2. The van der Waals surface area contributed by atoms with Gasteiger partial charge in [0.05, 0.1) is 17.6 Å². The predicted molar refractivity (Wildman–Crippen MR) is 125 cm³/mol. The van der Waals surface area contributed by atoms with Crippen molar-refractivity contribution in [2.24, 2.45) is 0 Å². The van der Waals surface area contributed by atoms with Crippen molar-refractivity contribution in [1.29, 1.82) is 0 Å². The Labute approximate surface area is 195 Å². The SMILES string of the molecule is CNSNc1cccc(CC(SC)N2Cc3ccc(OC(=O)N(C)C)cc3OC2=O)c1F. The van der Waals surface area contributed by atoms with E-state index in [0.717, 1.165) is 5.56 Å². The lowest BCUT2D eigenvalue weighted by molar-refractivity contribution is 0.133. The monoisotopic (exact) mass is 480 g/mol. The second-order valence-corrected chi connectivity index (χ2v) is 8.94. The van der Waals surface area contributed by atoms with Gasteiger partial charge in [-0.2, -0.15) is 0 Å². The summed E-state index contributed by atoms with van der Waals surface area (Å²) in [6, 6.07) is 10.1. The molecule has 0 aliphatic carbocycles. The van der Waals surface area contributed by atoms with Gasteiger partial charge in [0, 0.05) is 44.3 Å². The smallest absolute Gasteiger partial charge is 0.410 e. The molecular weight excluding hydrogens is 455 g/mol. The van der Waals surface area contributed by atoms with E-state index in [9.17, 15) is 14.0 Å². The maximum atomic E-state index is 14.9. The fraction of sp³-hybridized carbons (Fsp3) is 0.333. The summed E-state index contributed by atoms with van der Waals surface area (Å²) in [4.78, 5) is 27.4. The molecule has 0 saturated heterocycles. The highest BCUT2D eigenvalue weighted by Gasteiger charge is 2.32. The number of benzene rings is 2. The highest BCUT2D eigenvalue weighted by atomic mass is 32.2. The number of ether oxygens (including phenoxy) is 2. The standard InChI is InChI=1S/C21H25FN4O4S2/c1-23-32-24-16-7-5-6-13(19(16)22)10-18(31-4)26-12-14-8-9-15(29-20(27)25(2)3)11-17(14)30-21(26)28/h5-9,11,18,23-24H,10,12H2,1-4H3. The molecule has 1 aliphatic rings. The average Bonchev–Trinajstić information content (AvgIpc) is 2.77. The molecule has 1 heterocycles. The van der Waals surface area contributed by atoms with Gasteiger partial charge in [-0.1, -0.05) is 12.1 Å². The summed E-state index contributed by atoms with van der Waals surface area (Å²) < 4.78 is 31.4. The molecule has 1 unspecified atom stereocenters. The van der Waals surface area contributed by atoms with Crippen LogP contribution in [-0.4, -0.2) is 54.8 Å². The number of amides is 2. The van der Waals surface area contributed by atoms with E-state index in [1.165, 1.54) is 34.9 Å². The van der Waals surface area contributed by atoms with Crippen LogP contribution >= 0.6 is 23.9 Å². The van der Waals surface area contributed by atoms with Gasteiger partial charge >= 0.3 is 12.2 Å². The van der Waals surface area contributed by atoms with Crippen molar-refractivity contribution < 1.29 is 23.5 Å². The first kappa shape index (κ1) is 24.0. The molecule has 172 valence electrons. The number of hydrogen-bond acceptors (Lipinski definition) is 8. The molecule has 0 radical (unpaired) electrons. The van der Waals surface area contributed by atoms with Gasteiger partial charge in [-0.25, -0.2) is 18.7 Å². The molecule has 2 amide bonds. The van der Waals surface area contributed by atoms with E-state index in [2.05, 4.69) is 9.44 Å². The summed E-state index contributed by atoms with van der Waals surface area (Å²) in [5.41, 5.74) is 1.64. The van der Waals surface area contributed by atoms with Crippen molar-refractivity contribution >= 4 is 41.8 Å². The molecular formula is C21H25FN4O4S2. The fourth-order valence-electron chi connectivity index (χ4n) is 3.07. The molecule has 8 nitrogen and oxygen atoms in total. The van der Waals surface area contributed by atoms with Crippen molar-refractivity contribution in [3.63, 3.8) is 0 Å². The second kappa shape index (κ2) is 10.8. The summed E-state index contributed by atoms with van der Waals surface area (Å²) in [6.45, 7) is 0.302. The van der Waals surface area contributed by atoms with Gasteiger partial charge in [0.25, 0.3) is 0 Å². The van der Waals surface area contributed by atoms with Crippen LogP contribution in [0.5, 0.6) is 11.5 Å². The van der Waals surface area contributed by atoms with Crippen molar-refractivity contribution in [2.45, 2.75) is 18.3 Å². The molecule has 0 spiro atoms. The zero-order chi connectivity index (χ0) is 23.3. The normalized spacial score (nSPS) is 13.8. The third-order valence-electron chi connectivity index (χ3n) is 4.74. The van der Waals surface area contributed by atoms with Crippen molar-refractivity contribution in [1.82, 2.24) is 14.5 Å². The number of anilines is 1. The van der Waals surface area contributed by atoms with Gasteiger partial charge in [0.2, 0.25) is 0 Å². The summed E-state index contributed by atoms with van der Waals surface area (Å²) in [5.74, 6) is 0.278.